The fourth-order valence-electron chi connectivity index (χ4n) is 2.72. The zero-order valence-corrected chi connectivity index (χ0v) is 13.9. The summed E-state index contributed by atoms with van der Waals surface area (Å²) < 4.78 is 0. The van der Waals surface area contributed by atoms with Gasteiger partial charge in [0.1, 0.15) is 0 Å². The second kappa shape index (κ2) is 8.44. The van der Waals surface area contributed by atoms with Crippen LogP contribution in [0.15, 0.2) is 36.7 Å². The van der Waals surface area contributed by atoms with Crippen molar-refractivity contribution in [2.24, 2.45) is 5.73 Å². The number of hydrogen-bond acceptors (Lipinski definition) is 3. The van der Waals surface area contributed by atoms with E-state index in [9.17, 15) is 4.79 Å². The van der Waals surface area contributed by atoms with E-state index in [0.717, 1.165) is 24.8 Å². The lowest BCUT2D eigenvalue weighted by Crippen LogP contribution is -2.24. The van der Waals surface area contributed by atoms with Crippen LogP contribution in [0.3, 0.4) is 0 Å². The van der Waals surface area contributed by atoms with E-state index in [0.29, 0.717) is 18.7 Å². The average Bonchev–Trinajstić information content (AvgIpc) is 2.59. The molecular weight excluding hydrogens is 286 g/mol. The van der Waals surface area contributed by atoms with Gasteiger partial charge in [0.25, 0.3) is 5.91 Å². The molecule has 0 fully saturated rings. The van der Waals surface area contributed by atoms with Gasteiger partial charge >= 0.3 is 0 Å². The number of nitrogens with one attached hydrogen (secondary N) is 1. The van der Waals surface area contributed by atoms with Gasteiger partial charge in [0.15, 0.2) is 0 Å². The van der Waals surface area contributed by atoms with E-state index in [-0.39, 0.29) is 5.91 Å². The van der Waals surface area contributed by atoms with E-state index in [1.165, 1.54) is 16.7 Å². The Balaban J connectivity index is 2.23. The van der Waals surface area contributed by atoms with Crippen LogP contribution in [-0.2, 0) is 19.4 Å². The molecule has 0 bridgehead atoms. The third kappa shape index (κ3) is 4.39. The number of aromatic nitrogens is 1. The molecule has 1 heterocycles. The van der Waals surface area contributed by atoms with Gasteiger partial charge in [-0.1, -0.05) is 32.0 Å². The molecule has 0 radical (unpaired) electrons. The summed E-state index contributed by atoms with van der Waals surface area (Å²) in [5.74, 6) is -0.0671. The highest BCUT2D eigenvalue weighted by atomic mass is 16.1. The lowest BCUT2D eigenvalue weighted by atomic mass is 9.95. The van der Waals surface area contributed by atoms with Gasteiger partial charge in [-0.15, -0.1) is 0 Å². The Morgan fingerprint density at radius 2 is 2.00 bits per heavy atom. The van der Waals surface area contributed by atoms with Crippen LogP contribution in [0.25, 0.3) is 0 Å². The van der Waals surface area contributed by atoms with Crippen molar-refractivity contribution in [2.75, 3.05) is 6.54 Å². The molecule has 0 spiro atoms. The summed E-state index contributed by atoms with van der Waals surface area (Å²) in [6, 6.07) is 8.21. The lowest BCUT2D eigenvalue weighted by Gasteiger charge is -2.13. The van der Waals surface area contributed by atoms with Crippen LogP contribution in [0.4, 0.5) is 0 Å². The number of pyridine rings is 1. The Hall–Kier alpha value is -2.20. The van der Waals surface area contributed by atoms with Gasteiger partial charge in [-0.25, -0.2) is 0 Å². The summed E-state index contributed by atoms with van der Waals surface area (Å²) in [5, 5.41) is 2.88. The topological polar surface area (TPSA) is 68.0 Å². The van der Waals surface area contributed by atoms with Crippen LogP contribution in [0.5, 0.6) is 0 Å². The Labute approximate surface area is 138 Å². The lowest BCUT2D eigenvalue weighted by molar-refractivity contribution is 0.0953. The van der Waals surface area contributed by atoms with Gasteiger partial charge in [-0.2, -0.15) is 0 Å². The highest BCUT2D eigenvalue weighted by molar-refractivity contribution is 5.94. The fraction of sp³-hybridized carbons (Fsp3) is 0.368. The second-order valence-electron chi connectivity index (χ2n) is 5.63. The number of hydrogen-bond donors (Lipinski definition) is 2. The number of carbonyl (C=O) groups excluding carboxylic acids is 1. The smallest absolute Gasteiger partial charge is 0.252 e. The van der Waals surface area contributed by atoms with Crippen molar-refractivity contribution < 1.29 is 4.79 Å². The predicted molar refractivity (Wildman–Crippen MR) is 93.4 cm³/mol. The number of rotatable bonds is 7. The molecule has 3 N–H and O–H groups in total. The van der Waals surface area contributed by atoms with Gasteiger partial charge in [0, 0.05) is 25.5 Å². The molecular formula is C19H25N3O. The van der Waals surface area contributed by atoms with E-state index >= 15 is 0 Å². The molecule has 0 aliphatic heterocycles. The molecule has 0 aliphatic rings. The first-order chi connectivity index (χ1) is 11.2. The first-order valence-electron chi connectivity index (χ1n) is 8.21. The van der Waals surface area contributed by atoms with Crippen molar-refractivity contribution in [3.8, 4) is 0 Å². The van der Waals surface area contributed by atoms with Crippen LogP contribution in [-0.4, -0.2) is 17.4 Å². The highest BCUT2D eigenvalue weighted by Gasteiger charge is 2.09. The minimum absolute atomic E-state index is 0.0671. The molecule has 0 aliphatic carbocycles. The van der Waals surface area contributed by atoms with Gasteiger partial charge in [0.2, 0.25) is 0 Å². The number of nitrogens with zero attached hydrogens (tertiary/aromatic N) is 1. The maximum Gasteiger partial charge on any atom is 0.252 e. The van der Waals surface area contributed by atoms with Crippen LogP contribution >= 0.6 is 0 Å². The van der Waals surface area contributed by atoms with Crippen LogP contribution in [0.1, 0.15) is 52.9 Å². The summed E-state index contributed by atoms with van der Waals surface area (Å²) in [6.07, 6.45) is 6.05. The molecule has 122 valence electrons. The number of carbonyl (C=O) groups is 1. The molecule has 4 nitrogen and oxygen atoms in total. The number of amides is 1. The summed E-state index contributed by atoms with van der Waals surface area (Å²) in [4.78, 5) is 16.3. The van der Waals surface area contributed by atoms with E-state index in [1.54, 1.807) is 6.20 Å². The summed E-state index contributed by atoms with van der Waals surface area (Å²) in [7, 11) is 0. The van der Waals surface area contributed by atoms with Crippen LogP contribution in [0, 0.1) is 0 Å². The van der Waals surface area contributed by atoms with Gasteiger partial charge in [0.05, 0.1) is 5.56 Å². The van der Waals surface area contributed by atoms with E-state index in [1.807, 2.05) is 19.2 Å². The molecule has 1 aromatic carbocycles. The molecule has 23 heavy (non-hydrogen) atoms. The minimum atomic E-state index is -0.0671. The summed E-state index contributed by atoms with van der Waals surface area (Å²) in [6.45, 7) is 5.38. The first-order valence-corrected chi connectivity index (χ1v) is 8.21. The largest absolute Gasteiger partial charge is 0.352 e. The zero-order valence-electron chi connectivity index (χ0n) is 13.9. The van der Waals surface area contributed by atoms with Gasteiger partial charge in [-0.05, 0) is 47.6 Å². The number of aryl methyl sites for hydroxylation is 1. The maximum atomic E-state index is 12.1. The van der Waals surface area contributed by atoms with Crippen molar-refractivity contribution in [1.29, 1.82) is 0 Å². The Kier molecular flexibility index (Phi) is 6.29. The van der Waals surface area contributed by atoms with E-state index in [4.69, 9.17) is 5.73 Å². The first kappa shape index (κ1) is 17.2. The summed E-state index contributed by atoms with van der Waals surface area (Å²) in [5.41, 5.74) is 11.3. The molecule has 4 heteroatoms. The molecule has 1 aromatic heterocycles. The third-order valence-corrected chi connectivity index (χ3v) is 3.94. The number of benzene rings is 1. The van der Waals surface area contributed by atoms with Crippen molar-refractivity contribution in [2.45, 2.75) is 39.7 Å². The molecule has 2 rings (SSSR count). The van der Waals surface area contributed by atoms with Crippen LogP contribution < -0.4 is 11.1 Å². The molecule has 0 saturated carbocycles. The average molecular weight is 311 g/mol. The number of nitrogens with two attached hydrogens (primary N) is 1. The fourth-order valence-corrected chi connectivity index (χ4v) is 2.72. The van der Waals surface area contributed by atoms with Crippen molar-refractivity contribution >= 4 is 5.91 Å². The Bertz CT molecular complexity index is 667. The molecule has 1 amide bonds. The predicted octanol–water partition coefficient (Wildman–Crippen LogP) is 2.83. The highest BCUT2D eigenvalue weighted by Crippen LogP contribution is 2.19. The maximum absolute atomic E-state index is 12.1. The van der Waals surface area contributed by atoms with E-state index < -0.39 is 0 Å². The minimum Gasteiger partial charge on any atom is -0.352 e. The summed E-state index contributed by atoms with van der Waals surface area (Å²) >= 11 is 0. The van der Waals surface area contributed by atoms with Crippen molar-refractivity contribution in [3.63, 3.8) is 0 Å². The normalized spacial score (nSPS) is 10.6. The third-order valence-electron chi connectivity index (χ3n) is 3.94. The standard InChI is InChI=1S/C19H25N3O/c1-3-8-22-19(23)17-10-14(12-21-13-17)9-16-7-5-6-15(4-2)18(16)11-20/h5-7,10,12-13H,3-4,8-9,11,20H2,1-2H3,(H,22,23). The Morgan fingerprint density at radius 1 is 1.22 bits per heavy atom. The van der Waals surface area contributed by atoms with Crippen molar-refractivity contribution in [1.82, 2.24) is 10.3 Å². The Morgan fingerprint density at radius 3 is 2.70 bits per heavy atom. The van der Waals surface area contributed by atoms with E-state index in [2.05, 4.69) is 35.4 Å². The molecule has 2 aromatic rings. The SMILES string of the molecule is CCCNC(=O)c1cncc(Cc2cccc(CC)c2CN)c1. The molecule has 0 atom stereocenters. The quantitative estimate of drug-likeness (QED) is 0.826. The van der Waals surface area contributed by atoms with Crippen molar-refractivity contribution in [3.05, 3.63) is 64.5 Å². The zero-order chi connectivity index (χ0) is 16.7. The van der Waals surface area contributed by atoms with Gasteiger partial charge in [-0.3, -0.25) is 9.78 Å². The monoisotopic (exact) mass is 311 g/mol. The second-order valence-corrected chi connectivity index (χ2v) is 5.63. The molecule has 0 unspecified atom stereocenters. The molecule has 0 saturated heterocycles. The van der Waals surface area contributed by atoms with Gasteiger partial charge < -0.3 is 11.1 Å². The van der Waals surface area contributed by atoms with Crippen LogP contribution in [0.2, 0.25) is 0 Å².